The van der Waals surface area contributed by atoms with Crippen molar-refractivity contribution in [1.82, 2.24) is 0 Å². The highest BCUT2D eigenvalue weighted by Crippen LogP contribution is 2.40. The first-order chi connectivity index (χ1) is 9.65. The van der Waals surface area contributed by atoms with Crippen molar-refractivity contribution in [1.29, 1.82) is 0 Å². The van der Waals surface area contributed by atoms with E-state index in [4.69, 9.17) is 10.5 Å². The number of hydrogen-bond acceptors (Lipinski definition) is 3. The summed E-state index contributed by atoms with van der Waals surface area (Å²) in [5, 5.41) is 0. The van der Waals surface area contributed by atoms with Crippen molar-refractivity contribution in [2.75, 3.05) is 18.6 Å². The minimum atomic E-state index is -0.217. The molecule has 4 nitrogen and oxygen atoms in total. The maximum absolute atomic E-state index is 12.6. The topological polar surface area (TPSA) is 55.6 Å². The molecule has 1 aliphatic carbocycles. The van der Waals surface area contributed by atoms with Crippen LogP contribution in [0.2, 0.25) is 0 Å². The molecule has 2 aliphatic rings. The molecule has 20 heavy (non-hydrogen) atoms. The molecule has 1 atom stereocenters. The van der Waals surface area contributed by atoms with Crippen LogP contribution in [0.3, 0.4) is 0 Å². The van der Waals surface area contributed by atoms with Gasteiger partial charge in [-0.05, 0) is 37.3 Å². The number of rotatable bonds is 3. The molecule has 1 unspecified atom stereocenters. The third-order valence-corrected chi connectivity index (χ3v) is 4.76. The van der Waals surface area contributed by atoms with Gasteiger partial charge in [-0.15, -0.1) is 0 Å². The summed E-state index contributed by atoms with van der Waals surface area (Å²) in [5.74, 6) is 0.158. The van der Waals surface area contributed by atoms with Crippen LogP contribution in [0, 0.1) is 0 Å². The van der Waals surface area contributed by atoms with Gasteiger partial charge in [0.05, 0.1) is 12.0 Å². The number of fused-ring (bicyclic) bond motifs is 1. The largest absolute Gasteiger partial charge is 0.378 e. The zero-order valence-electron chi connectivity index (χ0n) is 12.0. The van der Waals surface area contributed by atoms with Gasteiger partial charge in [-0.2, -0.15) is 0 Å². The second-order valence-corrected chi connectivity index (χ2v) is 5.92. The fourth-order valence-corrected chi connectivity index (χ4v) is 3.25. The number of methoxy groups -OCH3 is 1. The maximum Gasteiger partial charge on any atom is 0.229 e. The third kappa shape index (κ3) is 2.23. The number of anilines is 1. The number of carbonyl (C=O) groups is 1. The predicted molar refractivity (Wildman–Crippen MR) is 78.5 cm³/mol. The number of hydrogen-bond donors (Lipinski definition) is 1. The molecule has 1 amide bonds. The van der Waals surface area contributed by atoms with Crippen molar-refractivity contribution in [2.45, 2.75) is 43.7 Å². The number of amides is 1. The van der Waals surface area contributed by atoms with E-state index in [0.717, 1.165) is 36.9 Å². The molecule has 0 radical (unpaired) electrons. The van der Waals surface area contributed by atoms with Crippen LogP contribution in [0.15, 0.2) is 24.3 Å². The average Bonchev–Trinajstić information content (AvgIpc) is 2.43. The second-order valence-electron chi connectivity index (χ2n) is 5.92. The molecule has 108 valence electrons. The Morgan fingerprint density at radius 1 is 1.45 bits per heavy atom. The summed E-state index contributed by atoms with van der Waals surface area (Å²) in [4.78, 5) is 14.5. The number of nitrogens with two attached hydrogens (primary N) is 1. The Labute approximate surface area is 119 Å². The minimum Gasteiger partial charge on any atom is -0.378 e. The van der Waals surface area contributed by atoms with Crippen molar-refractivity contribution in [3.8, 4) is 0 Å². The molecule has 4 heteroatoms. The molecule has 1 aliphatic heterocycles. The summed E-state index contributed by atoms with van der Waals surface area (Å²) in [6, 6.07) is 8.00. The maximum atomic E-state index is 12.6. The first kappa shape index (κ1) is 13.6. The van der Waals surface area contributed by atoms with E-state index < -0.39 is 0 Å². The Balaban J connectivity index is 1.81. The van der Waals surface area contributed by atoms with Crippen molar-refractivity contribution >= 4 is 11.6 Å². The molecule has 2 N–H and O–H groups in total. The molecular formula is C16H22N2O2. The number of para-hydroxylation sites is 1. The SMILES string of the molecule is COC1(CC(=O)N2CCC(N)c3ccccc32)CCC1. The Hall–Kier alpha value is -1.39. The predicted octanol–water partition coefficient (Wildman–Crippen LogP) is 2.38. The summed E-state index contributed by atoms with van der Waals surface area (Å²) < 4.78 is 5.57. The van der Waals surface area contributed by atoms with Gasteiger partial charge in [0.1, 0.15) is 0 Å². The number of carbonyl (C=O) groups excluding carboxylic acids is 1. The molecule has 1 saturated carbocycles. The van der Waals surface area contributed by atoms with E-state index in [0.29, 0.717) is 13.0 Å². The fraction of sp³-hybridized carbons (Fsp3) is 0.562. The van der Waals surface area contributed by atoms with Gasteiger partial charge in [-0.3, -0.25) is 4.79 Å². The van der Waals surface area contributed by atoms with Gasteiger partial charge >= 0.3 is 0 Å². The first-order valence-electron chi connectivity index (χ1n) is 7.35. The summed E-state index contributed by atoms with van der Waals surface area (Å²) in [5.41, 5.74) is 7.97. The molecular weight excluding hydrogens is 252 g/mol. The van der Waals surface area contributed by atoms with Crippen LogP contribution in [-0.2, 0) is 9.53 Å². The minimum absolute atomic E-state index is 0.0374. The Morgan fingerprint density at radius 3 is 2.85 bits per heavy atom. The quantitative estimate of drug-likeness (QED) is 0.920. The van der Waals surface area contributed by atoms with Crippen molar-refractivity contribution in [2.24, 2.45) is 5.73 Å². The van der Waals surface area contributed by atoms with E-state index >= 15 is 0 Å². The van der Waals surface area contributed by atoms with Crippen molar-refractivity contribution in [3.05, 3.63) is 29.8 Å². The molecule has 0 bridgehead atoms. The van der Waals surface area contributed by atoms with Crippen LogP contribution in [0.1, 0.15) is 43.7 Å². The number of benzene rings is 1. The summed E-state index contributed by atoms with van der Waals surface area (Å²) >= 11 is 0. The van der Waals surface area contributed by atoms with Crippen LogP contribution in [-0.4, -0.2) is 25.2 Å². The third-order valence-electron chi connectivity index (χ3n) is 4.76. The molecule has 3 rings (SSSR count). The highest BCUT2D eigenvalue weighted by Gasteiger charge is 2.41. The standard InChI is InChI=1S/C16H22N2O2/c1-20-16(8-4-9-16)11-15(19)18-10-7-13(17)12-5-2-3-6-14(12)18/h2-3,5-6,13H,4,7-11,17H2,1H3. The van der Waals surface area contributed by atoms with E-state index in [2.05, 4.69) is 0 Å². The van der Waals surface area contributed by atoms with Crippen molar-refractivity contribution in [3.63, 3.8) is 0 Å². The molecule has 0 aromatic heterocycles. The summed E-state index contributed by atoms with van der Waals surface area (Å²) in [6.45, 7) is 0.705. The highest BCUT2D eigenvalue weighted by atomic mass is 16.5. The average molecular weight is 274 g/mol. The summed E-state index contributed by atoms with van der Waals surface area (Å²) in [7, 11) is 1.71. The lowest BCUT2D eigenvalue weighted by molar-refractivity contribution is -0.131. The highest BCUT2D eigenvalue weighted by molar-refractivity contribution is 5.95. The van der Waals surface area contributed by atoms with Crippen LogP contribution in [0.4, 0.5) is 5.69 Å². The van der Waals surface area contributed by atoms with E-state index in [-0.39, 0.29) is 17.6 Å². The fourth-order valence-electron chi connectivity index (χ4n) is 3.25. The van der Waals surface area contributed by atoms with Gasteiger partial charge in [0.15, 0.2) is 0 Å². The van der Waals surface area contributed by atoms with E-state index in [1.165, 1.54) is 0 Å². The Bertz CT molecular complexity index is 505. The van der Waals surface area contributed by atoms with Crippen LogP contribution in [0.25, 0.3) is 0 Å². The monoisotopic (exact) mass is 274 g/mol. The van der Waals surface area contributed by atoms with Gasteiger partial charge < -0.3 is 15.4 Å². The smallest absolute Gasteiger partial charge is 0.229 e. The molecule has 1 aromatic carbocycles. The zero-order chi connectivity index (χ0) is 14.2. The normalized spacial score (nSPS) is 23.9. The van der Waals surface area contributed by atoms with Gasteiger partial charge in [0.2, 0.25) is 5.91 Å². The van der Waals surface area contributed by atoms with Crippen molar-refractivity contribution < 1.29 is 9.53 Å². The zero-order valence-corrected chi connectivity index (χ0v) is 12.0. The lowest BCUT2D eigenvalue weighted by Gasteiger charge is -2.42. The Morgan fingerprint density at radius 2 is 2.20 bits per heavy atom. The van der Waals surface area contributed by atoms with Crippen LogP contribution >= 0.6 is 0 Å². The van der Waals surface area contributed by atoms with E-state index in [9.17, 15) is 4.79 Å². The summed E-state index contributed by atoms with van der Waals surface area (Å²) in [6.07, 6.45) is 4.44. The Kier molecular flexibility index (Phi) is 3.52. The van der Waals surface area contributed by atoms with Crippen LogP contribution < -0.4 is 10.6 Å². The molecule has 1 heterocycles. The van der Waals surface area contributed by atoms with E-state index in [1.54, 1.807) is 7.11 Å². The first-order valence-corrected chi connectivity index (χ1v) is 7.35. The van der Waals surface area contributed by atoms with Gasteiger partial charge in [-0.1, -0.05) is 18.2 Å². The lowest BCUT2D eigenvalue weighted by atomic mass is 9.77. The lowest BCUT2D eigenvalue weighted by Crippen LogP contribution is -2.47. The van der Waals surface area contributed by atoms with Gasteiger partial charge in [0.25, 0.3) is 0 Å². The number of nitrogens with zero attached hydrogens (tertiary/aromatic N) is 1. The second kappa shape index (κ2) is 5.19. The van der Waals surface area contributed by atoms with Crippen LogP contribution in [0.5, 0.6) is 0 Å². The molecule has 1 fully saturated rings. The molecule has 1 aromatic rings. The van der Waals surface area contributed by atoms with Gasteiger partial charge in [-0.25, -0.2) is 0 Å². The van der Waals surface area contributed by atoms with E-state index in [1.807, 2.05) is 29.2 Å². The van der Waals surface area contributed by atoms with Gasteiger partial charge in [0, 0.05) is 25.4 Å². The number of ether oxygens (including phenoxy) is 1. The molecule has 0 saturated heterocycles. The molecule has 0 spiro atoms.